The number of rotatable bonds is 7. The molecule has 0 aliphatic heterocycles. The second kappa shape index (κ2) is 10.4. The van der Waals surface area contributed by atoms with Crippen molar-refractivity contribution in [1.29, 1.82) is 0 Å². The van der Waals surface area contributed by atoms with Crippen LogP contribution in [0.4, 0.5) is 52.7 Å². The second-order valence-electron chi connectivity index (χ2n) is 8.18. The molecule has 0 unspecified atom stereocenters. The minimum absolute atomic E-state index is 0.0649. The molecule has 0 aromatic heterocycles. The zero-order chi connectivity index (χ0) is 30.4. The number of hydrogen-bond acceptors (Lipinski definition) is 3. The van der Waals surface area contributed by atoms with Crippen molar-refractivity contribution < 1.29 is 67.3 Å². The molecule has 15 heteroatoms. The molecule has 4 aromatic carbocycles. The maximum absolute atomic E-state index is 14.7. The van der Waals surface area contributed by atoms with Crippen molar-refractivity contribution in [2.24, 2.45) is 0 Å². The first-order valence-corrected chi connectivity index (χ1v) is 10.8. The third kappa shape index (κ3) is 5.83. The first-order valence-electron chi connectivity index (χ1n) is 10.8. The lowest BCUT2D eigenvalue weighted by Gasteiger charge is -2.22. The summed E-state index contributed by atoms with van der Waals surface area (Å²) in [5, 5.41) is 9.23. The van der Waals surface area contributed by atoms with Gasteiger partial charge in [-0.15, -0.1) is 0 Å². The van der Waals surface area contributed by atoms with E-state index in [0.29, 0.717) is 6.07 Å². The van der Waals surface area contributed by atoms with Crippen molar-refractivity contribution in [3.63, 3.8) is 0 Å². The van der Waals surface area contributed by atoms with E-state index >= 15 is 0 Å². The molecule has 0 aliphatic rings. The zero-order valence-electron chi connectivity index (χ0n) is 19.5. The van der Waals surface area contributed by atoms with Gasteiger partial charge in [0.25, 0.3) is 0 Å². The Bertz CT molecular complexity index is 1590. The van der Waals surface area contributed by atoms with Gasteiger partial charge in [-0.3, -0.25) is 0 Å². The van der Waals surface area contributed by atoms with E-state index in [1.807, 2.05) is 0 Å². The average molecular weight is 598 g/mol. The Kier molecular flexibility index (Phi) is 7.50. The summed E-state index contributed by atoms with van der Waals surface area (Å²) in [5.74, 6) is -19.3. The molecule has 0 amide bonds. The number of phenolic OH excluding ortho intramolecular Hbond substituents is 1. The number of aromatic hydroxyl groups is 1. The molecule has 0 fully saturated rings. The van der Waals surface area contributed by atoms with Gasteiger partial charge in [0.15, 0.2) is 17.5 Å². The van der Waals surface area contributed by atoms with E-state index in [-0.39, 0.29) is 36.4 Å². The number of phenols is 1. The zero-order valence-corrected chi connectivity index (χ0v) is 19.5. The van der Waals surface area contributed by atoms with Gasteiger partial charge < -0.3 is 14.6 Å². The highest BCUT2D eigenvalue weighted by Crippen LogP contribution is 2.41. The van der Waals surface area contributed by atoms with Crippen LogP contribution in [0.1, 0.15) is 11.1 Å². The Morgan fingerprint density at radius 2 is 0.878 bits per heavy atom. The first kappa shape index (κ1) is 29.4. The minimum Gasteiger partial charge on any atom is -0.508 e. The molecule has 4 aromatic rings. The van der Waals surface area contributed by atoms with Crippen LogP contribution in [0.3, 0.4) is 0 Å². The van der Waals surface area contributed by atoms with E-state index in [1.54, 1.807) is 0 Å². The van der Waals surface area contributed by atoms with Crippen LogP contribution >= 0.6 is 0 Å². The van der Waals surface area contributed by atoms with Crippen LogP contribution in [0, 0.1) is 46.5 Å². The molecule has 0 saturated heterocycles. The van der Waals surface area contributed by atoms with Crippen molar-refractivity contribution in [2.45, 2.75) is 12.2 Å². The molecule has 216 valence electrons. The van der Waals surface area contributed by atoms with E-state index < -0.39 is 98.3 Å². The van der Waals surface area contributed by atoms with Crippen LogP contribution in [-0.2, 0) is 12.2 Å². The molecule has 3 nitrogen and oxygen atoms in total. The summed E-state index contributed by atoms with van der Waals surface area (Å²) >= 11 is 0. The van der Waals surface area contributed by atoms with Crippen LogP contribution in [0.2, 0.25) is 0 Å². The van der Waals surface area contributed by atoms with Gasteiger partial charge in [0, 0.05) is 35.9 Å². The van der Waals surface area contributed by atoms with Gasteiger partial charge in [-0.25, -0.2) is 35.1 Å². The maximum Gasteiger partial charge on any atom is 0.432 e. The van der Waals surface area contributed by atoms with E-state index in [4.69, 9.17) is 0 Å². The third-order valence-electron chi connectivity index (χ3n) is 5.35. The van der Waals surface area contributed by atoms with Crippen molar-refractivity contribution >= 4 is 0 Å². The van der Waals surface area contributed by atoms with Crippen LogP contribution in [-0.4, -0.2) is 5.11 Å². The third-order valence-corrected chi connectivity index (χ3v) is 5.35. The molecule has 0 atom stereocenters. The van der Waals surface area contributed by atoms with E-state index in [9.17, 15) is 57.8 Å². The highest BCUT2D eigenvalue weighted by atomic mass is 19.3. The highest BCUT2D eigenvalue weighted by Gasteiger charge is 2.44. The number of halogens is 12. The smallest absolute Gasteiger partial charge is 0.432 e. The molecular weight excluding hydrogens is 588 g/mol. The molecule has 0 bridgehead atoms. The largest absolute Gasteiger partial charge is 0.508 e. The lowest BCUT2D eigenvalue weighted by atomic mass is 10.0. The van der Waals surface area contributed by atoms with Gasteiger partial charge in [-0.05, 0) is 29.8 Å². The van der Waals surface area contributed by atoms with Crippen LogP contribution < -0.4 is 9.47 Å². The fourth-order valence-corrected chi connectivity index (χ4v) is 3.62. The van der Waals surface area contributed by atoms with Crippen molar-refractivity contribution in [1.82, 2.24) is 0 Å². The van der Waals surface area contributed by atoms with Crippen molar-refractivity contribution in [3.8, 4) is 28.4 Å². The van der Waals surface area contributed by atoms with E-state index in [0.717, 1.165) is 12.1 Å². The summed E-state index contributed by atoms with van der Waals surface area (Å²) in [4.78, 5) is 0. The Morgan fingerprint density at radius 1 is 0.488 bits per heavy atom. The molecule has 0 spiro atoms. The molecule has 0 radical (unpaired) electrons. The Labute approximate surface area is 220 Å². The number of ether oxygens (including phenoxy) is 2. The summed E-state index contributed by atoms with van der Waals surface area (Å²) in [6, 6.07) is 2.36. The molecular formula is C26H10F12O3. The highest BCUT2D eigenvalue weighted by molar-refractivity contribution is 5.65. The topological polar surface area (TPSA) is 38.7 Å². The molecule has 0 saturated carbocycles. The van der Waals surface area contributed by atoms with E-state index in [1.165, 1.54) is 0 Å². The molecule has 0 heterocycles. The number of hydrogen-bond donors (Lipinski definition) is 1. The minimum atomic E-state index is -5.05. The molecule has 4 rings (SSSR count). The predicted octanol–water partition coefficient (Wildman–Crippen LogP) is 8.43. The van der Waals surface area contributed by atoms with Gasteiger partial charge in [-0.2, -0.15) is 17.6 Å². The predicted molar refractivity (Wildman–Crippen MR) is 115 cm³/mol. The lowest BCUT2D eigenvalue weighted by molar-refractivity contribution is -0.191. The molecule has 0 aliphatic carbocycles. The molecule has 1 N–H and O–H groups in total. The van der Waals surface area contributed by atoms with Crippen molar-refractivity contribution in [3.05, 3.63) is 112 Å². The lowest BCUT2D eigenvalue weighted by Crippen LogP contribution is -2.27. The maximum atomic E-state index is 14.7. The van der Waals surface area contributed by atoms with Gasteiger partial charge in [0.1, 0.15) is 57.5 Å². The van der Waals surface area contributed by atoms with Gasteiger partial charge in [-0.1, -0.05) is 0 Å². The number of benzene rings is 4. The Balaban J connectivity index is 1.64. The molecule has 41 heavy (non-hydrogen) atoms. The summed E-state index contributed by atoms with van der Waals surface area (Å²) in [7, 11) is 0. The first-order chi connectivity index (χ1) is 19.0. The monoisotopic (exact) mass is 598 g/mol. The Morgan fingerprint density at radius 3 is 1.29 bits per heavy atom. The Hall–Kier alpha value is -4.56. The fourth-order valence-electron chi connectivity index (χ4n) is 3.62. The van der Waals surface area contributed by atoms with Crippen LogP contribution in [0.25, 0.3) is 11.1 Å². The SMILES string of the molecule is Oc1ccc(-c2cc(F)c(C(F)(F)Oc3cc(F)c(C(F)(F)Oc4cc(F)c(F)c(F)c4)c(F)c3)c(F)c2)c(F)c1. The fraction of sp³-hybridized carbons (Fsp3) is 0.0769. The van der Waals surface area contributed by atoms with Crippen LogP contribution in [0.15, 0.2) is 54.6 Å². The summed E-state index contributed by atoms with van der Waals surface area (Å²) in [6.07, 6.45) is -10.1. The van der Waals surface area contributed by atoms with Gasteiger partial charge in [0.05, 0.1) is 0 Å². The van der Waals surface area contributed by atoms with E-state index in [2.05, 4.69) is 9.47 Å². The summed E-state index contributed by atoms with van der Waals surface area (Å²) < 4.78 is 178. The van der Waals surface area contributed by atoms with Gasteiger partial charge in [0.2, 0.25) is 0 Å². The normalized spacial score (nSPS) is 12.0. The number of alkyl halides is 4. The van der Waals surface area contributed by atoms with Gasteiger partial charge >= 0.3 is 12.2 Å². The van der Waals surface area contributed by atoms with Crippen molar-refractivity contribution in [2.75, 3.05) is 0 Å². The standard InChI is InChI=1S/C26H10F12O3/c27-15-5-11(39)1-2-14(15)10-3-16(28)22(17(29)4-10)25(35,36)40-12-6-18(30)23(19(31)7-12)26(37,38)41-13-8-20(32)24(34)21(33)9-13/h1-9,39H. The summed E-state index contributed by atoms with van der Waals surface area (Å²) in [5.41, 5.74) is -5.43. The quantitative estimate of drug-likeness (QED) is 0.172. The van der Waals surface area contributed by atoms with Crippen LogP contribution in [0.5, 0.6) is 17.2 Å². The summed E-state index contributed by atoms with van der Waals surface area (Å²) in [6.45, 7) is 0. The average Bonchev–Trinajstić information content (AvgIpc) is 2.80. The second-order valence-corrected chi connectivity index (χ2v) is 8.18.